The highest BCUT2D eigenvalue weighted by Crippen LogP contribution is 2.17. The second kappa shape index (κ2) is 6.50. The maximum absolute atomic E-state index is 11.0. The van der Waals surface area contributed by atoms with Gasteiger partial charge in [0.15, 0.2) is 0 Å². The van der Waals surface area contributed by atoms with E-state index in [4.69, 9.17) is 0 Å². The number of carbonyl (C=O) groups excluding carboxylic acids is 1. The SMILES string of the molecule is CCN1CCN(C2CCN(NC(C)=O)CC2)CC1. The summed E-state index contributed by atoms with van der Waals surface area (Å²) < 4.78 is 0. The Morgan fingerprint density at radius 2 is 1.72 bits per heavy atom. The van der Waals surface area contributed by atoms with Gasteiger partial charge in [0.1, 0.15) is 0 Å². The lowest BCUT2D eigenvalue weighted by Gasteiger charge is -2.42. The van der Waals surface area contributed by atoms with Crippen molar-refractivity contribution in [2.45, 2.75) is 32.7 Å². The van der Waals surface area contributed by atoms with Crippen LogP contribution in [0.5, 0.6) is 0 Å². The molecule has 2 rings (SSSR count). The Balaban J connectivity index is 1.71. The average molecular weight is 254 g/mol. The van der Waals surface area contributed by atoms with Gasteiger partial charge in [0.05, 0.1) is 0 Å². The van der Waals surface area contributed by atoms with E-state index in [1.54, 1.807) is 6.92 Å². The third kappa shape index (κ3) is 3.67. The molecule has 2 fully saturated rings. The number of nitrogens with zero attached hydrogens (tertiary/aromatic N) is 3. The summed E-state index contributed by atoms with van der Waals surface area (Å²) in [5.74, 6) is 0.0463. The minimum Gasteiger partial charge on any atom is -0.301 e. The Hall–Kier alpha value is -0.650. The summed E-state index contributed by atoms with van der Waals surface area (Å²) in [7, 11) is 0. The molecule has 0 aromatic heterocycles. The maximum atomic E-state index is 11.0. The lowest BCUT2D eigenvalue weighted by atomic mass is 10.0. The van der Waals surface area contributed by atoms with E-state index in [0.29, 0.717) is 6.04 Å². The monoisotopic (exact) mass is 254 g/mol. The van der Waals surface area contributed by atoms with Crippen molar-refractivity contribution in [3.8, 4) is 0 Å². The number of amides is 1. The van der Waals surface area contributed by atoms with Gasteiger partial charge in [-0.1, -0.05) is 6.92 Å². The largest absolute Gasteiger partial charge is 0.301 e. The van der Waals surface area contributed by atoms with E-state index in [1.165, 1.54) is 45.6 Å². The summed E-state index contributed by atoms with van der Waals surface area (Å²) in [5.41, 5.74) is 2.89. The molecule has 5 nitrogen and oxygen atoms in total. The van der Waals surface area contributed by atoms with E-state index >= 15 is 0 Å². The number of hydrazine groups is 1. The molecule has 0 spiro atoms. The predicted molar refractivity (Wildman–Crippen MR) is 72.1 cm³/mol. The fraction of sp³-hybridized carbons (Fsp3) is 0.923. The summed E-state index contributed by atoms with van der Waals surface area (Å²) in [6, 6.07) is 0.717. The van der Waals surface area contributed by atoms with Crippen molar-refractivity contribution in [3.05, 3.63) is 0 Å². The van der Waals surface area contributed by atoms with Gasteiger partial charge in [-0.25, -0.2) is 5.01 Å². The summed E-state index contributed by atoms with van der Waals surface area (Å²) in [4.78, 5) is 16.1. The first-order valence-corrected chi connectivity index (χ1v) is 7.17. The lowest BCUT2D eigenvalue weighted by Crippen LogP contribution is -2.55. The van der Waals surface area contributed by atoms with Gasteiger partial charge >= 0.3 is 0 Å². The number of hydrogen-bond donors (Lipinski definition) is 1. The molecule has 2 aliphatic rings. The zero-order valence-corrected chi connectivity index (χ0v) is 11.7. The molecular weight excluding hydrogens is 228 g/mol. The van der Waals surface area contributed by atoms with Crippen molar-refractivity contribution < 1.29 is 4.79 Å². The van der Waals surface area contributed by atoms with Crippen LogP contribution in [0.2, 0.25) is 0 Å². The molecule has 1 N–H and O–H groups in total. The van der Waals surface area contributed by atoms with Crippen LogP contribution in [0.1, 0.15) is 26.7 Å². The van der Waals surface area contributed by atoms with Crippen molar-refractivity contribution in [2.24, 2.45) is 0 Å². The Morgan fingerprint density at radius 3 is 2.22 bits per heavy atom. The van der Waals surface area contributed by atoms with Crippen molar-refractivity contribution in [2.75, 3.05) is 45.8 Å². The van der Waals surface area contributed by atoms with Crippen LogP contribution in [-0.4, -0.2) is 72.6 Å². The quantitative estimate of drug-likeness (QED) is 0.777. The van der Waals surface area contributed by atoms with Crippen molar-refractivity contribution in [1.29, 1.82) is 0 Å². The molecule has 1 amide bonds. The summed E-state index contributed by atoms with van der Waals surface area (Å²) in [5, 5.41) is 2.06. The van der Waals surface area contributed by atoms with Crippen LogP contribution in [0.25, 0.3) is 0 Å². The van der Waals surface area contributed by atoms with Crippen LogP contribution in [0.15, 0.2) is 0 Å². The van der Waals surface area contributed by atoms with Crippen LogP contribution in [0.3, 0.4) is 0 Å². The number of hydrogen-bond acceptors (Lipinski definition) is 4. The van der Waals surface area contributed by atoms with Crippen molar-refractivity contribution in [1.82, 2.24) is 20.2 Å². The zero-order valence-electron chi connectivity index (χ0n) is 11.7. The number of rotatable bonds is 3. The van der Waals surface area contributed by atoms with Gasteiger partial charge in [-0.05, 0) is 19.4 Å². The molecule has 0 unspecified atom stereocenters. The van der Waals surface area contributed by atoms with Crippen LogP contribution >= 0.6 is 0 Å². The topological polar surface area (TPSA) is 38.8 Å². The Kier molecular flexibility index (Phi) is 4.97. The van der Waals surface area contributed by atoms with E-state index in [1.807, 2.05) is 0 Å². The summed E-state index contributed by atoms with van der Waals surface area (Å²) >= 11 is 0. The van der Waals surface area contributed by atoms with Gasteiger partial charge < -0.3 is 4.90 Å². The van der Waals surface area contributed by atoms with Gasteiger partial charge in [0, 0.05) is 52.2 Å². The second-order valence-corrected chi connectivity index (χ2v) is 5.36. The van der Waals surface area contributed by atoms with Crippen molar-refractivity contribution >= 4 is 5.91 Å². The molecule has 0 radical (unpaired) electrons. The van der Waals surface area contributed by atoms with Gasteiger partial charge in [0.25, 0.3) is 0 Å². The normalized spacial score (nSPS) is 25.2. The lowest BCUT2D eigenvalue weighted by molar-refractivity contribution is -0.124. The first-order chi connectivity index (χ1) is 8.69. The molecule has 0 bridgehead atoms. The molecule has 0 atom stereocenters. The number of piperazine rings is 1. The molecule has 18 heavy (non-hydrogen) atoms. The standard InChI is InChI=1S/C13H26N4O/c1-3-15-8-10-16(11-9-15)13-4-6-17(7-5-13)14-12(2)18/h13H,3-11H2,1-2H3,(H,14,18). The number of carbonyl (C=O) groups is 1. The molecule has 5 heteroatoms. The number of nitrogens with one attached hydrogen (secondary N) is 1. The number of likely N-dealkylation sites (N-methyl/N-ethyl adjacent to an activating group) is 1. The van der Waals surface area contributed by atoms with Crippen molar-refractivity contribution in [3.63, 3.8) is 0 Å². The molecule has 0 aromatic carbocycles. The highest BCUT2D eigenvalue weighted by atomic mass is 16.2. The molecule has 0 saturated carbocycles. The molecule has 2 aliphatic heterocycles. The van der Waals surface area contributed by atoms with E-state index in [0.717, 1.165) is 13.1 Å². The van der Waals surface area contributed by atoms with Gasteiger partial charge in [-0.2, -0.15) is 0 Å². The molecule has 2 saturated heterocycles. The summed E-state index contributed by atoms with van der Waals surface area (Å²) in [6.07, 6.45) is 2.35. The highest BCUT2D eigenvalue weighted by Gasteiger charge is 2.27. The Morgan fingerprint density at radius 1 is 1.11 bits per heavy atom. The number of piperidine rings is 1. The van der Waals surface area contributed by atoms with E-state index in [-0.39, 0.29) is 5.91 Å². The fourth-order valence-electron chi connectivity index (χ4n) is 3.01. The smallest absolute Gasteiger partial charge is 0.231 e. The first kappa shape index (κ1) is 13.8. The average Bonchev–Trinajstić information content (AvgIpc) is 2.39. The molecule has 104 valence electrons. The summed E-state index contributed by atoms with van der Waals surface area (Å²) in [6.45, 7) is 11.8. The Bertz CT molecular complexity index is 268. The predicted octanol–water partition coefficient (Wildman–Crippen LogP) is 0.139. The van der Waals surface area contributed by atoms with Crippen LogP contribution in [-0.2, 0) is 4.79 Å². The zero-order chi connectivity index (χ0) is 13.0. The van der Waals surface area contributed by atoms with E-state index in [2.05, 4.69) is 27.2 Å². The molecule has 2 heterocycles. The maximum Gasteiger partial charge on any atom is 0.231 e. The minimum atomic E-state index is 0.0463. The second-order valence-electron chi connectivity index (χ2n) is 5.36. The van der Waals surface area contributed by atoms with Gasteiger partial charge in [0.2, 0.25) is 5.91 Å². The molecule has 0 aromatic rings. The van der Waals surface area contributed by atoms with Crippen LogP contribution in [0, 0.1) is 0 Å². The van der Waals surface area contributed by atoms with Gasteiger partial charge in [-0.3, -0.25) is 15.1 Å². The fourth-order valence-corrected chi connectivity index (χ4v) is 3.01. The van der Waals surface area contributed by atoms with E-state index < -0.39 is 0 Å². The van der Waals surface area contributed by atoms with Gasteiger partial charge in [-0.15, -0.1) is 0 Å². The third-order valence-electron chi connectivity index (χ3n) is 4.15. The molecule has 0 aliphatic carbocycles. The Labute approximate surface area is 110 Å². The highest BCUT2D eigenvalue weighted by molar-refractivity contribution is 5.72. The van der Waals surface area contributed by atoms with Crippen LogP contribution in [0.4, 0.5) is 0 Å². The minimum absolute atomic E-state index is 0.0463. The van der Waals surface area contributed by atoms with Crippen LogP contribution < -0.4 is 5.43 Å². The third-order valence-corrected chi connectivity index (χ3v) is 4.15. The first-order valence-electron chi connectivity index (χ1n) is 7.17. The van der Waals surface area contributed by atoms with E-state index in [9.17, 15) is 4.79 Å². The molecular formula is C13H26N4O.